The first-order chi connectivity index (χ1) is 19.4. The molecule has 5 rings (SSSR count). The predicted molar refractivity (Wildman–Crippen MR) is 157 cm³/mol. The highest BCUT2D eigenvalue weighted by Crippen LogP contribution is 2.34. The Kier molecular flexibility index (Phi) is 7.39. The molecule has 2 N–H and O–H groups in total. The zero-order chi connectivity index (χ0) is 29.5. The van der Waals surface area contributed by atoms with E-state index in [9.17, 15) is 14.0 Å². The molecular weight excluding hydrogens is 525 g/mol. The summed E-state index contributed by atoms with van der Waals surface area (Å²) in [6.07, 6.45) is 7.24. The molecule has 0 bridgehead atoms. The van der Waals surface area contributed by atoms with Crippen LogP contribution < -0.4 is 15.5 Å². The number of halogens is 1. The van der Waals surface area contributed by atoms with Gasteiger partial charge in [0.25, 0.3) is 5.91 Å². The van der Waals surface area contributed by atoms with Gasteiger partial charge in [0, 0.05) is 60.9 Å². The van der Waals surface area contributed by atoms with Crippen LogP contribution in [0.1, 0.15) is 69.9 Å². The molecule has 41 heavy (non-hydrogen) atoms. The molecular formula is C30H38FN7O3. The van der Waals surface area contributed by atoms with E-state index in [4.69, 9.17) is 9.84 Å². The van der Waals surface area contributed by atoms with Crippen LogP contribution in [-0.2, 0) is 11.3 Å². The summed E-state index contributed by atoms with van der Waals surface area (Å²) in [5, 5.41) is 11.5. The highest BCUT2D eigenvalue weighted by molar-refractivity contribution is 6.13. The lowest BCUT2D eigenvalue weighted by Gasteiger charge is -2.43. The minimum absolute atomic E-state index is 0.212. The van der Waals surface area contributed by atoms with E-state index in [2.05, 4.69) is 27.4 Å². The summed E-state index contributed by atoms with van der Waals surface area (Å²) in [6, 6.07) is 4.99. The molecule has 4 heterocycles. The average Bonchev–Trinajstić information content (AvgIpc) is 3.51. The molecule has 1 saturated heterocycles. The van der Waals surface area contributed by atoms with Crippen LogP contribution in [0, 0.1) is 12.7 Å². The van der Waals surface area contributed by atoms with E-state index in [1.807, 2.05) is 44.6 Å². The van der Waals surface area contributed by atoms with Gasteiger partial charge in [-0.15, -0.1) is 0 Å². The second-order valence-corrected chi connectivity index (χ2v) is 11.8. The van der Waals surface area contributed by atoms with Crippen molar-refractivity contribution in [2.24, 2.45) is 0 Å². The molecule has 0 atom stereocenters. The van der Waals surface area contributed by atoms with Crippen molar-refractivity contribution in [1.29, 1.82) is 0 Å². The summed E-state index contributed by atoms with van der Waals surface area (Å²) in [7, 11) is 0. The minimum atomic E-state index is -0.557. The molecule has 0 aliphatic carbocycles. The van der Waals surface area contributed by atoms with Crippen molar-refractivity contribution >= 4 is 39.9 Å². The number of carbonyl (C=O) groups is 2. The number of benzene rings is 1. The number of piperidine rings is 1. The summed E-state index contributed by atoms with van der Waals surface area (Å²) in [5.41, 5.74) is 2.31. The number of nitrogens with zero attached hydrogens (tertiary/aromatic N) is 5. The number of aromatic nitrogens is 4. The molecule has 1 aromatic carbocycles. The van der Waals surface area contributed by atoms with E-state index < -0.39 is 17.5 Å². The first-order valence-corrected chi connectivity index (χ1v) is 14.1. The van der Waals surface area contributed by atoms with E-state index in [0.29, 0.717) is 29.0 Å². The minimum Gasteiger partial charge on any atom is -0.444 e. The van der Waals surface area contributed by atoms with E-state index >= 15 is 0 Å². The molecule has 1 aliphatic rings. The number of hydrogen-bond donors (Lipinski definition) is 2. The summed E-state index contributed by atoms with van der Waals surface area (Å²) >= 11 is 0. The van der Waals surface area contributed by atoms with Crippen LogP contribution in [0.25, 0.3) is 16.6 Å². The Hall–Kier alpha value is -4.15. The van der Waals surface area contributed by atoms with Crippen LogP contribution in [0.4, 0.5) is 20.6 Å². The third kappa shape index (κ3) is 5.84. The number of rotatable bonds is 6. The smallest absolute Gasteiger partial charge is 0.408 e. The Morgan fingerprint density at radius 1 is 1.12 bits per heavy atom. The van der Waals surface area contributed by atoms with Crippen LogP contribution in [0.2, 0.25) is 0 Å². The molecule has 4 aromatic rings. The highest BCUT2D eigenvalue weighted by Gasteiger charge is 2.36. The summed E-state index contributed by atoms with van der Waals surface area (Å²) < 4.78 is 23.5. The van der Waals surface area contributed by atoms with E-state index in [-0.39, 0.29) is 17.1 Å². The Bertz CT molecular complexity index is 1610. The largest absolute Gasteiger partial charge is 0.444 e. The molecule has 11 heteroatoms. The molecule has 0 saturated carbocycles. The quantitative estimate of drug-likeness (QED) is 0.313. The van der Waals surface area contributed by atoms with Crippen molar-refractivity contribution in [1.82, 2.24) is 24.5 Å². The second kappa shape index (κ2) is 10.7. The van der Waals surface area contributed by atoms with Crippen LogP contribution >= 0.6 is 0 Å². The Balaban J connectivity index is 1.38. The Morgan fingerprint density at radius 3 is 2.51 bits per heavy atom. The zero-order valence-corrected chi connectivity index (χ0v) is 24.5. The van der Waals surface area contributed by atoms with Gasteiger partial charge in [-0.25, -0.2) is 14.2 Å². The van der Waals surface area contributed by atoms with Gasteiger partial charge in [-0.2, -0.15) is 5.10 Å². The number of hydrogen-bond acceptors (Lipinski definition) is 6. The van der Waals surface area contributed by atoms with Gasteiger partial charge in [-0.1, -0.05) is 6.92 Å². The molecule has 0 spiro atoms. The van der Waals surface area contributed by atoms with Crippen LogP contribution in [0.15, 0.2) is 36.8 Å². The lowest BCUT2D eigenvalue weighted by atomic mass is 9.84. The van der Waals surface area contributed by atoms with Gasteiger partial charge < -0.3 is 24.7 Å². The van der Waals surface area contributed by atoms with Crippen molar-refractivity contribution < 1.29 is 18.7 Å². The van der Waals surface area contributed by atoms with Crippen molar-refractivity contribution in [2.75, 3.05) is 23.3 Å². The number of imidazole rings is 1. The second-order valence-electron chi connectivity index (χ2n) is 11.8. The topological polar surface area (TPSA) is 106 Å². The number of fused-ring (bicyclic) bond motifs is 2. The molecule has 0 radical (unpaired) electrons. The fourth-order valence-electron chi connectivity index (χ4n) is 5.47. The van der Waals surface area contributed by atoms with Gasteiger partial charge in [-0.05, 0) is 66.0 Å². The zero-order valence-electron chi connectivity index (χ0n) is 24.5. The van der Waals surface area contributed by atoms with Crippen molar-refractivity contribution in [3.05, 3.63) is 53.9 Å². The standard InChI is InChI=1S/C30H38FN7O3/c1-7-30(34-28(40)41-29(4,5)6)11-13-36(14-12-30)24-10-9-21(25-22(24)18-38(8-2)35-25)27(39)33-20-15-23(31)26-32-19(3)16-37(26)17-20/h9-10,15-18H,7-8,11-14H2,1-6H3,(H,33,39)(H,34,40). The number of carbonyl (C=O) groups excluding carboxylic acids is 2. The monoisotopic (exact) mass is 563 g/mol. The van der Waals surface area contributed by atoms with Gasteiger partial charge in [-0.3, -0.25) is 9.48 Å². The predicted octanol–water partition coefficient (Wildman–Crippen LogP) is 5.68. The van der Waals surface area contributed by atoms with Crippen molar-refractivity contribution in [3.8, 4) is 0 Å². The van der Waals surface area contributed by atoms with Gasteiger partial charge in [0.15, 0.2) is 11.5 Å². The summed E-state index contributed by atoms with van der Waals surface area (Å²) in [5.74, 6) is -0.884. The number of nitrogens with one attached hydrogen (secondary N) is 2. The van der Waals surface area contributed by atoms with Gasteiger partial charge in [0.1, 0.15) is 11.1 Å². The molecule has 1 fully saturated rings. The number of pyridine rings is 1. The van der Waals surface area contributed by atoms with Gasteiger partial charge in [0.05, 0.1) is 16.9 Å². The highest BCUT2D eigenvalue weighted by atomic mass is 19.1. The van der Waals surface area contributed by atoms with E-state index in [0.717, 1.165) is 43.4 Å². The number of anilines is 2. The number of ether oxygens (including phenoxy) is 1. The maximum absolute atomic E-state index is 14.6. The van der Waals surface area contributed by atoms with Crippen LogP contribution in [-0.4, -0.2) is 55.4 Å². The van der Waals surface area contributed by atoms with Crippen LogP contribution in [0.5, 0.6) is 0 Å². The van der Waals surface area contributed by atoms with E-state index in [1.165, 1.54) is 6.07 Å². The SMILES string of the molecule is CCn1cc2c(N3CCC(CC)(NC(=O)OC(C)(C)C)CC3)ccc(C(=O)Nc3cc(F)c4nc(C)cn4c3)c2n1. The lowest BCUT2D eigenvalue weighted by Crippen LogP contribution is -2.55. The molecule has 3 aromatic heterocycles. The molecule has 2 amide bonds. The summed E-state index contributed by atoms with van der Waals surface area (Å²) in [4.78, 5) is 32.4. The van der Waals surface area contributed by atoms with Crippen molar-refractivity contribution in [2.45, 2.75) is 78.5 Å². The maximum Gasteiger partial charge on any atom is 0.408 e. The molecule has 0 unspecified atom stereocenters. The summed E-state index contributed by atoms with van der Waals surface area (Å²) in [6.45, 7) is 13.5. The maximum atomic E-state index is 14.6. The molecule has 1 aliphatic heterocycles. The average molecular weight is 564 g/mol. The molecule has 10 nitrogen and oxygen atoms in total. The van der Waals surface area contributed by atoms with Crippen molar-refractivity contribution in [3.63, 3.8) is 0 Å². The van der Waals surface area contributed by atoms with Gasteiger partial charge >= 0.3 is 6.09 Å². The Labute approximate surface area is 238 Å². The Morgan fingerprint density at radius 2 is 1.85 bits per heavy atom. The number of aryl methyl sites for hydroxylation is 2. The van der Waals surface area contributed by atoms with Crippen LogP contribution in [0.3, 0.4) is 0 Å². The lowest BCUT2D eigenvalue weighted by molar-refractivity contribution is 0.0431. The molecule has 218 valence electrons. The number of amides is 2. The fraction of sp³-hybridized carbons (Fsp3) is 0.467. The van der Waals surface area contributed by atoms with E-state index in [1.54, 1.807) is 29.8 Å². The number of alkyl carbamates (subject to hydrolysis) is 1. The third-order valence-electron chi connectivity index (χ3n) is 7.66. The first kappa shape index (κ1) is 28.4. The fourth-order valence-corrected chi connectivity index (χ4v) is 5.47. The first-order valence-electron chi connectivity index (χ1n) is 14.1. The third-order valence-corrected chi connectivity index (χ3v) is 7.66. The normalized spacial score (nSPS) is 15.3. The van der Waals surface area contributed by atoms with Gasteiger partial charge in [0.2, 0.25) is 0 Å².